The van der Waals surface area contributed by atoms with E-state index >= 15 is 0 Å². The lowest BCUT2D eigenvalue weighted by atomic mass is 9.95. The van der Waals surface area contributed by atoms with Crippen molar-refractivity contribution in [1.82, 2.24) is 16.0 Å². The third-order valence-electron chi connectivity index (χ3n) is 4.48. The summed E-state index contributed by atoms with van der Waals surface area (Å²) in [5, 5.41) is 9.36. The Balaban J connectivity index is 1.61. The van der Waals surface area contributed by atoms with Gasteiger partial charge in [0.1, 0.15) is 5.82 Å². The maximum Gasteiger partial charge on any atom is 0.221 e. The normalized spacial score (nSPS) is 15.7. The molecule has 1 aromatic carbocycles. The van der Waals surface area contributed by atoms with E-state index in [0.717, 1.165) is 12.8 Å². The molecule has 5 nitrogen and oxygen atoms in total. The fourth-order valence-corrected chi connectivity index (χ4v) is 3.08. The van der Waals surface area contributed by atoms with Crippen LogP contribution in [0.2, 0.25) is 0 Å². The van der Waals surface area contributed by atoms with Gasteiger partial charge in [0.05, 0.1) is 0 Å². The summed E-state index contributed by atoms with van der Waals surface area (Å²) >= 11 is 0. The van der Waals surface area contributed by atoms with Crippen LogP contribution in [0.1, 0.15) is 44.1 Å². The monoisotopic (exact) mass is 348 g/mol. The van der Waals surface area contributed by atoms with Gasteiger partial charge in [0.2, 0.25) is 5.91 Å². The molecule has 1 aromatic rings. The second-order valence-corrected chi connectivity index (χ2v) is 6.42. The highest BCUT2D eigenvalue weighted by molar-refractivity contribution is 5.81. The molecule has 1 aliphatic carbocycles. The molecule has 6 heteroatoms. The maximum atomic E-state index is 13.6. The first-order valence-corrected chi connectivity index (χ1v) is 9.16. The molecule has 0 saturated heterocycles. The largest absolute Gasteiger partial charge is 0.356 e. The quantitative estimate of drug-likeness (QED) is 0.524. The molecular formula is C19H29FN4O. The molecule has 0 heterocycles. The highest BCUT2D eigenvalue weighted by atomic mass is 19.1. The molecule has 0 spiro atoms. The van der Waals surface area contributed by atoms with Crippen LogP contribution in [-0.2, 0) is 11.2 Å². The van der Waals surface area contributed by atoms with Gasteiger partial charge in [-0.2, -0.15) is 0 Å². The topological polar surface area (TPSA) is 65.5 Å². The summed E-state index contributed by atoms with van der Waals surface area (Å²) in [7, 11) is 1.68. The van der Waals surface area contributed by atoms with Crippen LogP contribution in [-0.4, -0.2) is 38.0 Å². The summed E-state index contributed by atoms with van der Waals surface area (Å²) in [6.45, 7) is 1.10. The summed E-state index contributed by atoms with van der Waals surface area (Å²) in [5.74, 6) is 0.523. The SMILES string of the molecule is CN=C(NCCC(=O)NC1CCCCC1)NCCc1ccccc1F. The van der Waals surface area contributed by atoms with E-state index in [4.69, 9.17) is 0 Å². The molecule has 138 valence electrons. The second kappa shape index (κ2) is 10.7. The van der Waals surface area contributed by atoms with E-state index in [1.807, 2.05) is 6.07 Å². The van der Waals surface area contributed by atoms with Crippen LogP contribution in [0.3, 0.4) is 0 Å². The third-order valence-corrected chi connectivity index (χ3v) is 4.48. The number of hydrogen-bond acceptors (Lipinski definition) is 2. The van der Waals surface area contributed by atoms with Gasteiger partial charge >= 0.3 is 0 Å². The number of benzene rings is 1. The number of nitrogens with zero attached hydrogens (tertiary/aromatic N) is 1. The molecule has 0 aromatic heterocycles. The van der Waals surface area contributed by atoms with Crippen molar-refractivity contribution in [1.29, 1.82) is 0 Å². The van der Waals surface area contributed by atoms with Crippen molar-refractivity contribution in [2.24, 2.45) is 4.99 Å². The number of amides is 1. The number of aliphatic imine (C=N–C) groups is 1. The number of carbonyl (C=O) groups excluding carboxylic acids is 1. The van der Waals surface area contributed by atoms with E-state index in [1.165, 1.54) is 25.3 Å². The van der Waals surface area contributed by atoms with Gasteiger partial charge in [-0.3, -0.25) is 9.79 Å². The zero-order valence-electron chi connectivity index (χ0n) is 15.0. The lowest BCUT2D eigenvalue weighted by Crippen LogP contribution is -2.41. The van der Waals surface area contributed by atoms with E-state index in [1.54, 1.807) is 19.2 Å². The van der Waals surface area contributed by atoms with Crippen LogP contribution in [0.5, 0.6) is 0 Å². The van der Waals surface area contributed by atoms with Gasteiger partial charge in [0, 0.05) is 32.6 Å². The van der Waals surface area contributed by atoms with Crippen LogP contribution in [0.25, 0.3) is 0 Å². The molecule has 2 rings (SSSR count). The lowest BCUT2D eigenvalue weighted by molar-refractivity contribution is -0.121. The van der Waals surface area contributed by atoms with Gasteiger partial charge in [-0.1, -0.05) is 37.5 Å². The Hall–Kier alpha value is -2.11. The van der Waals surface area contributed by atoms with Gasteiger partial charge in [0.15, 0.2) is 5.96 Å². The average molecular weight is 348 g/mol. The Morgan fingerprint density at radius 1 is 1.16 bits per heavy atom. The number of carbonyl (C=O) groups is 1. The minimum atomic E-state index is -0.188. The highest BCUT2D eigenvalue weighted by Gasteiger charge is 2.15. The van der Waals surface area contributed by atoms with Gasteiger partial charge in [0.25, 0.3) is 0 Å². The first-order chi connectivity index (χ1) is 12.2. The number of halogens is 1. The summed E-state index contributed by atoms with van der Waals surface area (Å²) in [6.07, 6.45) is 6.89. The van der Waals surface area contributed by atoms with Crippen LogP contribution < -0.4 is 16.0 Å². The fraction of sp³-hybridized carbons (Fsp3) is 0.579. The van der Waals surface area contributed by atoms with Crippen LogP contribution in [0, 0.1) is 5.82 Å². The van der Waals surface area contributed by atoms with E-state index < -0.39 is 0 Å². The molecule has 25 heavy (non-hydrogen) atoms. The molecule has 3 N–H and O–H groups in total. The minimum absolute atomic E-state index is 0.0845. The van der Waals surface area contributed by atoms with Crippen molar-refractivity contribution in [3.05, 3.63) is 35.6 Å². The smallest absolute Gasteiger partial charge is 0.221 e. The highest BCUT2D eigenvalue weighted by Crippen LogP contribution is 2.17. The molecule has 0 unspecified atom stereocenters. The lowest BCUT2D eigenvalue weighted by Gasteiger charge is -2.22. The zero-order chi connectivity index (χ0) is 17.9. The van der Waals surface area contributed by atoms with Gasteiger partial charge < -0.3 is 16.0 Å². The third kappa shape index (κ3) is 7.11. The number of guanidine groups is 1. The maximum absolute atomic E-state index is 13.6. The Morgan fingerprint density at radius 2 is 1.88 bits per heavy atom. The standard InChI is InChI=1S/C19H29FN4O/c1-21-19(22-13-11-15-7-5-6-10-17(15)20)23-14-12-18(25)24-16-8-3-2-4-9-16/h5-7,10,16H,2-4,8-9,11-14H2,1H3,(H,24,25)(H2,21,22,23). The minimum Gasteiger partial charge on any atom is -0.356 e. The average Bonchev–Trinajstić information content (AvgIpc) is 2.62. The summed E-state index contributed by atoms with van der Waals surface area (Å²) < 4.78 is 13.6. The van der Waals surface area contributed by atoms with Gasteiger partial charge in [-0.05, 0) is 30.9 Å². The molecule has 0 radical (unpaired) electrons. The first-order valence-electron chi connectivity index (χ1n) is 9.16. The van der Waals surface area contributed by atoms with Crippen molar-refractivity contribution in [2.75, 3.05) is 20.1 Å². The van der Waals surface area contributed by atoms with E-state index in [9.17, 15) is 9.18 Å². The van der Waals surface area contributed by atoms with Gasteiger partial charge in [-0.15, -0.1) is 0 Å². The van der Waals surface area contributed by atoms with E-state index in [0.29, 0.717) is 43.5 Å². The number of hydrogen-bond donors (Lipinski definition) is 3. The summed E-state index contributed by atoms with van der Waals surface area (Å²) in [4.78, 5) is 16.1. The van der Waals surface area contributed by atoms with Gasteiger partial charge in [-0.25, -0.2) is 4.39 Å². The molecule has 1 fully saturated rings. The molecule has 0 bridgehead atoms. The Kier molecular flexibility index (Phi) is 8.22. The Bertz CT molecular complexity index is 570. The molecular weight excluding hydrogens is 319 g/mol. The first kappa shape index (κ1) is 19.2. The van der Waals surface area contributed by atoms with Crippen molar-refractivity contribution < 1.29 is 9.18 Å². The van der Waals surface area contributed by atoms with Crippen LogP contribution >= 0.6 is 0 Å². The van der Waals surface area contributed by atoms with Crippen molar-refractivity contribution in [3.8, 4) is 0 Å². The number of nitrogens with one attached hydrogen (secondary N) is 3. The van der Waals surface area contributed by atoms with Crippen molar-refractivity contribution >= 4 is 11.9 Å². The van der Waals surface area contributed by atoms with E-state index in [-0.39, 0.29) is 11.7 Å². The molecule has 1 aliphatic rings. The van der Waals surface area contributed by atoms with Crippen LogP contribution in [0.4, 0.5) is 4.39 Å². The fourth-order valence-electron chi connectivity index (χ4n) is 3.08. The zero-order valence-corrected chi connectivity index (χ0v) is 15.0. The summed E-state index contributed by atoms with van der Waals surface area (Å²) in [5.41, 5.74) is 0.678. The van der Waals surface area contributed by atoms with Crippen molar-refractivity contribution in [3.63, 3.8) is 0 Å². The number of rotatable bonds is 7. The summed E-state index contributed by atoms with van der Waals surface area (Å²) in [6, 6.07) is 7.11. The second-order valence-electron chi connectivity index (χ2n) is 6.42. The van der Waals surface area contributed by atoms with Crippen molar-refractivity contribution in [2.45, 2.75) is 51.0 Å². The molecule has 1 amide bonds. The van der Waals surface area contributed by atoms with E-state index in [2.05, 4.69) is 20.9 Å². The Morgan fingerprint density at radius 3 is 2.60 bits per heavy atom. The molecule has 1 saturated carbocycles. The molecule has 0 aliphatic heterocycles. The Labute approximate surface area is 149 Å². The predicted octanol–water partition coefficient (Wildman–Crippen LogP) is 2.37. The predicted molar refractivity (Wildman–Crippen MR) is 99.1 cm³/mol. The van der Waals surface area contributed by atoms with Crippen LogP contribution in [0.15, 0.2) is 29.3 Å². The molecule has 0 atom stereocenters.